The summed E-state index contributed by atoms with van der Waals surface area (Å²) in [6, 6.07) is 8.24. The van der Waals surface area contributed by atoms with Crippen LogP contribution < -0.4 is 16.0 Å². The minimum absolute atomic E-state index is 0.00631. The fourth-order valence-electron chi connectivity index (χ4n) is 2.55. The third-order valence-electron chi connectivity index (χ3n) is 3.91. The van der Waals surface area contributed by atoms with E-state index in [1.807, 2.05) is 5.38 Å². The molecule has 1 aliphatic heterocycles. The highest BCUT2D eigenvalue weighted by atomic mass is 32.1. The summed E-state index contributed by atoms with van der Waals surface area (Å²) >= 11 is 1.43. The Morgan fingerprint density at radius 3 is 2.78 bits per heavy atom. The van der Waals surface area contributed by atoms with Crippen LogP contribution in [-0.4, -0.2) is 41.7 Å². The summed E-state index contributed by atoms with van der Waals surface area (Å²) in [5, 5.41) is 11.5. The monoisotopic (exact) mass is 386 g/mol. The lowest BCUT2D eigenvalue weighted by molar-refractivity contribution is -0.125. The minimum atomic E-state index is -0.421. The predicted octanol–water partition coefficient (Wildman–Crippen LogP) is 1.56. The van der Waals surface area contributed by atoms with Gasteiger partial charge in [-0.1, -0.05) is 12.1 Å². The lowest BCUT2D eigenvalue weighted by atomic mass is 10.2. The van der Waals surface area contributed by atoms with Gasteiger partial charge in [0.15, 0.2) is 0 Å². The molecule has 9 heteroatoms. The van der Waals surface area contributed by atoms with Gasteiger partial charge in [0, 0.05) is 29.6 Å². The van der Waals surface area contributed by atoms with Crippen molar-refractivity contribution < 1.29 is 19.2 Å². The summed E-state index contributed by atoms with van der Waals surface area (Å²) in [5.74, 6) is -0.733. The van der Waals surface area contributed by atoms with Crippen LogP contribution >= 0.6 is 11.3 Å². The molecule has 2 heterocycles. The van der Waals surface area contributed by atoms with E-state index >= 15 is 0 Å². The molecule has 3 rings (SSSR count). The Morgan fingerprint density at radius 1 is 1.22 bits per heavy atom. The van der Waals surface area contributed by atoms with Crippen LogP contribution in [0, 0.1) is 0 Å². The second-order valence-electron chi connectivity index (χ2n) is 5.91. The molecule has 1 saturated heterocycles. The molecule has 0 aliphatic carbocycles. The number of imide groups is 1. The van der Waals surface area contributed by atoms with Gasteiger partial charge in [-0.2, -0.15) is 11.3 Å². The van der Waals surface area contributed by atoms with Crippen molar-refractivity contribution in [2.24, 2.45) is 0 Å². The van der Waals surface area contributed by atoms with Gasteiger partial charge in [0.05, 0.1) is 13.1 Å². The average molecular weight is 386 g/mol. The Bertz CT molecular complexity index is 850. The maximum absolute atomic E-state index is 12.1. The van der Waals surface area contributed by atoms with Crippen LogP contribution in [0.3, 0.4) is 0 Å². The summed E-state index contributed by atoms with van der Waals surface area (Å²) in [4.78, 5) is 48.2. The summed E-state index contributed by atoms with van der Waals surface area (Å²) in [7, 11) is 0. The van der Waals surface area contributed by atoms with Crippen LogP contribution in [-0.2, 0) is 16.1 Å². The number of carbonyl (C=O) groups is 4. The van der Waals surface area contributed by atoms with E-state index in [0.717, 1.165) is 10.5 Å². The van der Waals surface area contributed by atoms with Crippen molar-refractivity contribution in [3.63, 3.8) is 0 Å². The SMILES string of the molecule is O=C(CCNC(=O)c1ccsc1)Nc1cccc(CN2C(=O)CNC2=O)c1. The fraction of sp³-hybridized carbons (Fsp3) is 0.222. The van der Waals surface area contributed by atoms with E-state index in [1.54, 1.807) is 35.7 Å². The van der Waals surface area contributed by atoms with E-state index in [-0.39, 0.29) is 43.8 Å². The first kappa shape index (κ1) is 18.6. The number of urea groups is 1. The summed E-state index contributed by atoms with van der Waals surface area (Å²) < 4.78 is 0. The van der Waals surface area contributed by atoms with Crippen molar-refractivity contribution >= 4 is 40.8 Å². The lowest BCUT2D eigenvalue weighted by Crippen LogP contribution is -2.30. The minimum Gasteiger partial charge on any atom is -0.351 e. The van der Waals surface area contributed by atoms with Crippen molar-refractivity contribution in [2.45, 2.75) is 13.0 Å². The van der Waals surface area contributed by atoms with Gasteiger partial charge in [-0.3, -0.25) is 19.3 Å². The first-order valence-electron chi connectivity index (χ1n) is 8.30. The zero-order valence-electron chi connectivity index (χ0n) is 14.4. The number of rotatable bonds is 7. The summed E-state index contributed by atoms with van der Waals surface area (Å²) in [6.45, 7) is 0.375. The summed E-state index contributed by atoms with van der Waals surface area (Å²) in [6.07, 6.45) is 0.132. The molecule has 1 aromatic heterocycles. The van der Waals surface area contributed by atoms with Crippen molar-refractivity contribution in [1.82, 2.24) is 15.5 Å². The average Bonchev–Trinajstić information content (AvgIpc) is 3.28. The van der Waals surface area contributed by atoms with Gasteiger partial charge >= 0.3 is 6.03 Å². The van der Waals surface area contributed by atoms with Crippen molar-refractivity contribution in [3.05, 3.63) is 52.2 Å². The van der Waals surface area contributed by atoms with Gasteiger partial charge in [-0.15, -0.1) is 0 Å². The van der Waals surface area contributed by atoms with Gasteiger partial charge in [0.2, 0.25) is 11.8 Å². The molecule has 1 aromatic carbocycles. The quantitative estimate of drug-likeness (QED) is 0.628. The Balaban J connectivity index is 1.48. The summed E-state index contributed by atoms with van der Waals surface area (Å²) in [5.41, 5.74) is 1.87. The zero-order chi connectivity index (χ0) is 19.2. The number of nitrogens with zero attached hydrogens (tertiary/aromatic N) is 1. The van der Waals surface area contributed by atoms with Gasteiger partial charge in [0.25, 0.3) is 5.91 Å². The second kappa shape index (κ2) is 8.45. The van der Waals surface area contributed by atoms with E-state index in [4.69, 9.17) is 0 Å². The Morgan fingerprint density at radius 2 is 2.07 bits per heavy atom. The smallest absolute Gasteiger partial charge is 0.324 e. The van der Waals surface area contributed by atoms with Gasteiger partial charge in [-0.25, -0.2) is 4.79 Å². The zero-order valence-corrected chi connectivity index (χ0v) is 15.2. The molecule has 2 aromatic rings. The largest absolute Gasteiger partial charge is 0.351 e. The van der Waals surface area contributed by atoms with Crippen LogP contribution in [0.5, 0.6) is 0 Å². The van der Waals surface area contributed by atoms with Crippen LogP contribution in [0.4, 0.5) is 10.5 Å². The van der Waals surface area contributed by atoms with Gasteiger partial charge in [0.1, 0.15) is 0 Å². The predicted molar refractivity (Wildman–Crippen MR) is 100 cm³/mol. The highest BCUT2D eigenvalue weighted by molar-refractivity contribution is 7.08. The van der Waals surface area contributed by atoms with E-state index in [9.17, 15) is 19.2 Å². The maximum Gasteiger partial charge on any atom is 0.324 e. The highest BCUT2D eigenvalue weighted by Crippen LogP contribution is 2.14. The Kier molecular flexibility index (Phi) is 5.82. The van der Waals surface area contributed by atoms with E-state index < -0.39 is 6.03 Å². The first-order valence-corrected chi connectivity index (χ1v) is 9.24. The molecule has 0 spiro atoms. The van der Waals surface area contributed by atoms with Gasteiger partial charge in [-0.05, 0) is 29.1 Å². The molecule has 1 aliphatic rings. The maximum atomic E-state index is 12.1. The molecule has 0 bridgehead atoms. The number of hydrogen-bond donors (Lipinski definition) is 3. The molecule has 5 amide bonds. The van der Waals surface area contributed by atoms with Crippen LogP contribution in [0.1, 0.15) is 22.3 Å². The molecule has 140 valence electrons. The number of anilines is 1. The Labute approximate surface area is 159 Å². The van der Waals surface area contributed by atoms with Crippen LogP contribution in [0.15, 0.2) is 41.1 Å². The third-order valence-corrected chi connectivity index (χ3v) is 4.59. The number of amides is 5. The molecule has 0 saturated carbocycles. The Hall–Kier alpha value is -3.20. The number of nitrogens with one attached hydrogen (secondary N) is 3. The number of benzene rings is 1. The number of thiophene rings is 1. The molecule has 8 nitrogen and oxygen atoms in total. The number of hydrogen-bond acceptors (Lipinski definition) is 5. The van der Waals surface area contributed by atoms with Crippen molar-refractivity contribution in [2.75, 3.05) is 18.4 Å². The molecular weight excluding hydrogens is 368 g/mol. The lowest BCUT2D eigenvalue weighted by Gasteiger charge is -2.13. The normalized spacial score (nSPS) is 13.4. The topological polar surface area (TPSA) is 108 Å². The third kappa shape index (κ3) is 4.91. The number of carbonyl (C=O) groups excluding carboxylic acids is 4. The second-order valence-corrected chi connectivity index (χ2v) is 6.69. The molecule has 0 unspecified atom stereocenters. The van der Waals surface area contributed by atoms with E-state index in [1.165, 1.54) is 11.3 Å². The first-order chi connectivity index (χ1) is 13.0. The molecule has 0 atom stereocenters. The van der Waals surface area contributed by atoms with E-state index in [0.29, 0.717) is 11.3 Å². The molecule has 27 heavy (non-hydrogen) atoms. The molecular formula is C18H18N4O4S. The fourth-order valence-corrected chi connectivity index (χ4v) is 3.19. The molecule has 3 N–H and O–H groups in total. The van der Waals surface area contributed by atoms with Crippen molar-refractivity contribution in [3.8, 4) is 0 Å². The van der Waals surface area contributed by atoms with Crippen LogP contribution in [0.25, 0.3) is 0 Å². The molecule has 0 radical (unpaired) electrons. The standard InChI is InChI=1S/C18H18N4O4S/c23-15(4-6-19-17(25)13-5-7-27-11-13)21-14-3-1-2-12(8-14)10-22-16(24)9-20-18(22)26/h1-3,5,7-8,11H,4,6,9-10H2,(H,19,25)(H,20,26)(H,21,23). The van der Waals surface area contributed by atoms with Crippen molar-refractivity contribution in [1.29, 1.82) is 0 Å². The van der Waals surface area contributed by atoms with E-state index in [2.05, 4.69) is 16.0 Å². The molecule has 1 fully saturated rings. The highest BCUT2D eigenvalue weighted by Gasteiger charge is 2.28. The van der Waals surface area contributed by atoms with Gasteiger partial charge < -0.3 is 16.0 Å². The van der Waals surface area contributed by atoms with Crippen LogP contribution in [0.2, 0.25) is 0 Å².